The predicted molar refractivity (Wildman–Crippen MR) is 70.3 cm³/mol. The Hall–Kier alpha value is -1.27. The number of carbonyl (C=O) groups excluding carboxylic acids is 1. The Labute approximate surface area is 104 Å². The minimum Gasteiger partial charge on any atom is -0.391 e. The minimum absolute atomic E-state index is 0.0324. The van der Waals surface area contributed by atoms with Crippen molar-refractivity contribution in [1.82, 2.24) is 4.90 Å². The summed E-state index contributed by atoms with van der Waals surface area (Å²) in [6, 6.07) is 0. The molecule has 6 nitrogen and oxygen atoms in total. The first-order valence-corrected chi connectivity index (χ1v) is 5.38. The van der Waals surface area contributed by atoms with E-state index >= 15 is 0 Å². The zero-order valence-corrected chi connectivity index (χ0v) is 11.7. The molecule has 0 radical (unpaired) electrons. The largest absolute Gasteiger partial charge is 0.391 e. The van der Waals surface area contributed by atoms with Crippen LogP contribution in [0.25, 0.3) is 0 Å². The lowest BCUT2D eigenvalue weighted by Crippen LogP contribution is -2.36. The van der Waals surface area contributed by atoms with Crippen LogP contribution < -0.4 is 0 Å². The molecule has 0 unspecified atom stereocenters. The molecule has 0 saturated heterocycles. The molecule has 100 valence electrons. The number of nitrogens with one attached hydrogen (secondary N) is 1. The molecule has 0 heterocycles. The molecule has 0 saturated carbocycles. The third kappa shape index (κ3) is 12.7. The van der Waals surface area contributed by atoms with Crippen LogP contribution in [0.2, 0.25) is 0 Å². The number of hydrogen-bond acceptors (Lipinski definition) is 3. The molecule has 0 bridgehead atoms. The van der Waals surface area contributed by atoms with Crippen LogP contribution in [0.4, 0.5) is 0 Å². The molecule has 0 rings (SSSR count). The van der Waals surface area contributed by atoms with Crippen LogP contribution in [0.1, 0.15) is 13.8 Å². The van der Waals surface area contributed by atoms with Crippen LogP contribution >= 0.6 is 0 Å². The summed E-state index contributed by atoms with van der Waals surface area (Å²) in [6.45, 7) is 4.20. The number of quaternary nitrogens is 1. The number of likely N-dealkylation sites (N-methyl/N-ethyl adjacent to an activating group) is 1. The lowest BCUT2D eigenvalue weighted by atomic mass is 10.5. The fraction of sp³-hybridized carbons (Fsp3) is 0.727. The summed E-state index contributed by atoms with van der Waals surface area (Å²) >= 11 is 0. The number of guanidine groups is 1. The number of hydrogen-bond donors (Lipinski definition) is 2. The number of rotatable bonds is 2. The highest BCUT2D eigenvalue weighted by Gasteiger charge is 2.04. The average Bonchev–Trinajstić information content (AvgIpc) is 2.15. The standard InChI is InChI=1S/C6H11N3O.C5H14NO/c1-4-8-6(7)9(3)5(2)10;1-6(2,3)4-5-7/h4,7H,1-3H3;7H,4-5H2,1-3H3/q;+1/b7-6?,8-4-;. The van der Waals surface area contributed by atoms with Crippen LogP contribution in [0.5, 0.6) is 0 Å². The Kier molecular flexibility index (Phi) is 9.41. The first kappa shape index (κ1) is 18.1. The molecule has 0 aliphatic heterocycles. The van der Waals surface area contributed by atoms with E-state index in [1.54, 1.807) is 6.92 Å². The smallest absolute Gasteiger partial charge is 0.225 e. The molecule has 17 heavy (non-hydrogen) atoms. The molecule has 0 spiro atoms. The Morgan fingerprint density at radius 2 is 1.94 bits per heavy atom. The summed E-state index contributed by atoms with van der Waals surface area (Å²) in [6.07, 6.45) is 1.47. The molecule has 0 atom stereocenters. The van der Waals surface area contributed by atoms with E-state index in [4.69, 9.17) is 10.5 Å². The number of aliphatic imine (C=N–C) groups is 1. The molecule has 1 amide bonds. The van der Waals surface area contributed by atoms with Crippen molar-refractivity contribution in [2.75, 3.05) is 41.3 Å². The normalized spacial score (nSPS) is 10.8. The second-order valence-corrected chi connectivity index (χ2v) is 4.53. The summed E-state index contributed by atoms with van der Waals surface area (Å²) in [5.74, 6) is -0.217. The van der Waals surface area contributed by atoms with Gasteiger partial charge in [0.25, 0.3) is 0 Å². The first-order valence-electron chi connectivity index (χ1n) is 5.38. The Morgan fingerprint density at radius 1 is 1.47 bits per heavy atom. The van der Waals surface area contributed by atoms with Gasteiger partial charge in [-0.1, -0.05) is 0 Å². The fourth-order valence-corrected chi connectivity index (χ4v) is 0.658. The van der Waals surface area contributed by atoms with Gasteiger partial charge in [0.15, 0.2) is 0 Å². The topological polar surface area (TPSA) is 76.8 Å². The third-order valence-corrected chi connectivity index (χ3v) is 1.81. The summed E-state index contributed by atoms with van der Waals surface area (Å²) in [5.41, 5.74) is 0. The van der Waals surface area contributed by atoms with Gasteiger partial charge in [-0.3, -0.25) is 15.1 Å². The second-order valence-electron chi connectivity index (χ2n) is 4.53. The van der Waals surface area contributed by atoms with Crippen molar-refractivity contribution in [1.29, 1.82) is 5.41 Å². The zero-order valence-electron chi connectivity index (χ0n) is 11.7. The van der Waals surface area contributed by atoms with Crippen LogP contribution in [0.15, 0.2) is 4.99 Å². The van der Waals surface area contributed by atoms with Gasteiger partial charge in [-0.05, 0) is 6.92 Å². The quantitative estimate of drug-likeness (QED) is 0.413. The van der Waals surface area contributed by atoms with Crippen molar-refractivity contribution in [3.8, 4) is 0 Å². The molecule has 2 N–H and O–H groups in total. The predicted octanol–water partition coefficient (Wildman–Crippen LogP) is 0.175. The van der Waals surface area contributed by atoms with Gasteiger partial charge in [-0.15, -0.1) is 0 Å². The SMILES string of the molecule is C/C=N\C(=N)N(C)C(C)=O.C[N+](C)(C)CCO. The van der Waals surface area contributed by atoms with Crippen LogP contribution in [-0.2, 0) is 4.79 Å². The molecule has 0 aliphatic rings. The van der Waals surface area contributed by atoms with Crippen molar-refractivity contribution in [3.63, 3.8) is 0 Å². The molecule has 0 fully saturated rings. The number of carbonyl (C=O) groups is 1. The molecule has 0 aliphatic carbocycles. The van der Waals surface area contributed by atoms with Gasteiger partial charge in [0, 0.05) is 20.2 Å². The van der Waals surface area contributed by atoms with E-state index in [9.17, 15) is 4.79 Å². The summed E-state index contributed by atoms with van der Waals surface area (Å²) in [7, 11) is 7.67. The van der Waals surface area contributed by atoms with E-state index in [0.717, 1.165) is 11.0 Å². The minimum atomic E-state index is -0.185. The highest BCUT2D eigenvalue weighted by atomic mass is 16.3. The van der Waals surface area contributed by atoms with Crippen molar-refractivity contribution in [3.05, 3.63) is 0 Å². The maximum atomic E-state index is 10.6. The van der Waals surface area contributed by atoms with E-state index in [2.05, 4.69) is 26.1 Å². The van der Waals surface area contributed by atoms with Crippen LogP contribution in [-0.4, -0.2) is 73.9 Å². The molecule has 0 aromatic rings. The molecule has 0 aromatic heterocycles. The molecular formula is C11H25N4O2+. The number of aliphatic hydroxyl groups excluding tert-OH is 1. The van der Waals surface area contributed by atoms with Crippen molar-refractivity contribution >= 4 is 18.1 Å². The first-order chi connectivity index (χ1) is 7.65. The summed E-state index contributed by atoms with van der Waals surface area (Å²) < 4.78 is 0.844. The maximum absolute atomic E-state index is 10.6. The lowest BCUT2D eigenvalue weighted by Gasteiger charge is -2.21. The van der Waals surface area contributed by atoms with Gasteiger partial charge in [-0.25, -0.2) is 4.99 Å². The van der Waals surface area contributed by atoms with Crippen LogP contribution in [0.3, 0.4) is 0 Å². The van der Waals surface area contributed by atoms with E-state index < -0.39 is 0 Å². The molecule has 0 aromatic carbocycles. The Balaban J connectivity index is 0. The van der Waals surface area contributed by atoms with Gasteiger partial charge < -0.3 is 9.59 Å². The highest BCUT2D eigenvalue weighted by molar-refractivity contribution is 5.97. The monoisotopic (exact) mass is 245 g/mol. The second kappa shape index (κ2) is 8.83. The molecular weight excluding hydrogens is 220 g/mol. The molecule has 6 heteroatoms. The number of nitrogens with zero attached hydrogens (tertiary/aromatic N) is 3. The van der Waals surface area contributed by atoms with Gasteiger partial charge in [0.05, 0.1) is 27.7 Å². The van der Waals surface area contributed by atoms with E-state index in [1.807, 2.05) is 0 Å². The Bertz CT molecular complexity index is 269. The van der Waals surface area contributed by atoms with E-state index in [-0.39, 0.29) is 18.5 Å². The Morgan fingerprint density at radius 3 is 2.12 bits per heavy atom. The van der Waals surface area contributed by atoms with Crippen molar-refractivity contribution in [2.45, 2.75) is 13.8 Å². The van der Waals surface area contributed by atoms with E-state index in [1.165, 1.54) is 25.1 Å². The zero-order chi connectivity index (χ0) is 14.1. The fourth-order valence-electron chi connectivity index (χ4n) is 0.658. The maximum Gasteiger partial charge on any atom is 0.225 e. The third-order valence-electron chi connectivity index (χ3n) is 1.81. The van der Waals surface area contributed by atoms with Crippen LogP contribution in [0, 0.1) is 5.41 Å². The van der Waals surface area contributed by atoms with Crippen molar-refractivity contribution in [2.24, 2.45) is 4.99 Å². The highest BCUT2D eigenvalue weighted by Crippen LogP contribution is 1.86. The summed E-state index contributed by atoms with van der Waals surface area (Å²) in [5, 5.41) is 15.5. The lowest BCUT2D eigenvalue weighted by molar-refractivity contribution is -0.870. The summed E-state index contributed by atoms with van der Waals surface area (Å²) in [4.78, 5) is 15.3. The van der Waals surface area contributed by atoms with Gasteiger partial charge in [0.2, 0.25) is 11.9 Å². The van der Waals surface area contributed by atoms with Gasteiger partial charge >= 0.3 is 0 Å². The van der Waals surface area contributed by atoms with Gasteiger partial charge in [-0.2, -0.15) is 0 Å². The number of aliphatic hydroxyl groups is 1. The number of amides is 1. The van der Waals surface area contributed by atoms with Crippen molar-refractivity contribution < 1.29 is 14.4 Å². The van der Waals surface area contributed by atoms with Gasteiger partial charge in [0.1, 0.15) is 6.54 Å². The van der Waals surface area contributed by atoms with E-state index in [0.29, 0.717) is 0 Å². The average molecular weight is 245 g/mol.